The van der Waals surface area contributed by atoms with Crippen molar-refractivity contribution in [2.24, 2.45) is 10.2 Å². The van der Waals surface area contributed by atoms with Gasteiger partial charge in [0, 0.05) is 33.9 Å². The predicted molar refractivity (Wildman–Crippen MR) is 99.3 cm³/mol. The Kier molecular flexibility index (Phi) is 5.13. The first kappa shape index (κ1) is 14.8. The van der Waals surface area contributed by atoms with Crippen molar-refractivity contribution >= 4 is 51.4 Å². The van der Waals surface area contributed by atoms with Crippen LogP contribution >= 0.6 is 34.4 Å². The molecule has 0 spiro atoms. The first-order valence-electron chi connectivity index (χ1n) is 6.91. The highest BCUT2D eigenvalue weighted by atomic mass is 127. The summed E-state index contributed by atoms with van der Waals surface area (Å²) in [7, 11) is 0. The van der Waals surface area contributed by atoms with Gasteiger partial charge in [0.05, 0.1) is 11.4 Å². The zero-order valence-electron chi connectivity index (χ0n) is 11.6. The topological polar surface area (TPSA) is 28.0 Å². The Morgan fingerprint density at radius 1 is 0.810 bits per heavy atom. The second-order valence-electron chi connectivity index (χ2n) is 4.79. The van der Waals surface area contributed by atoms with Gasteiger partial charge in [0.25, 0.3) is 0 Å². The maximum Gasteiger partial charge on any atom is 0.0858 e. The molecule has 0 N–H and O–H groups in total. The number of anilines is 1. The van der Waals surface area contributed by atoms with Gasteiger partial charge in [-0.1, -0.05) is 0 Å². The zero-order valence-corrected chi connectivity index (χ0v) is 14.5. The van der Waals surface area contributed by atoms with E-state index in [0.29, 0.717) is 0 Å². The molecular weight excluding hydrogens is 393 g/mol. The van der Waals surface area contributed by atoms with Crippen molar-refractivity contribution < 1.29 is 0 Å². The van der Waals surface area contributed by atoms with E-state index in [0.717, 1.165) is 24.5 Å². The Morgan fingerprint density at radius 2 is 1.33 bits per heavy atom. The van der Waals surface area contributed by atoms with Gasteiger partial charge in [0.2, 0.25) is 0 Å². The number of hydrogen-bond donors (Lipinski definition) is 0. The van der Waals surface area contributed by atoms with Crippen LogP contribution < -0.4 is 4.90 Å². The fraction of sp³-hybridized carbons (Fsp3) is 0.250. The highest BCUT2D eigenvalue weighted by Gasteiger charge is 2.10. The van der Waals surface area contributed by atoms with Gasteiger partial charge in [-0.05, 0) is 71.1 Å². The lowest BCUT2D eigenvalue weighted by Crippen LogP contribution is -2.32. The number of thioether (sulfide) groups is 1. The first-order chi connectivity index (χ1) is 10.3. The normalized spacial score (nSPS) is 15.6. The number of benzene rings is 2. The van der Waals surface area contributed by atoms with Gasteiger partial charge in [-0.3, -0.25) is 0 Å². The summed E-state index contributed by atoms with van der Waals surface area (Å²) in [6.07, 6.45) is 0. The minimum atomic E-state index is 0.882. The standard InChI is InChI=1S/C16H16IN3S/c17-13-1-3-14(4-2-13)18-19-15-5-7-16(8-6-15)20-9-11-21-12-10-20/h1-8H,9-12H2. The Morgan fingerprint density at radius 3 is 1.90 bits per heavy atom. The van der Waals surface area contributed by atoms with E-state index < -0.39 is 0 Å². The van der Waals surface area contributed by atoms with E-state index in [9.17, 15) is 0 Å². The molecule has 0 atom stereocenters. The van der Waals surface area contributed by atoms with E-state index in [1.807, 2.05) is 48.2 Å². The largest absolute Gasteiger partial charge is 0.370 e. The van der Waals surface area contributed by atoms with E-state index in [1.165, 1.54) is 20.8 Å². The summed E-state index contributed by atoms with van der Waals surface area (Å²) < 4.78 is 1.20. The number of rotatable bonds is 3. The van der Waals surface area contributed by atoms with Crippen molar-refractivity contribution in [2.75, 3.05) is 29.5 Å². The fourth-order valence-corrected chi connectivity index (χ4v) is 3.44. The molecule has 0 aromatic heterocycles. The van der Waals surface area contributed by atoms with Crippen LogP contribution in [0.15, 0.2) is 58.8 Å². The number of nitrogens with zero attached hydrogens (tertiary/aromatic N) is 3. The van der Waals surface area contributed by atoms with Crippen LogP contribution in [0.25, 0.3) is 0 Å². The summed E-state index contributed by atoms with van der Waals surface area (Å²) >= 11 is 4.31. The van der Waals surface area contributed by atoms with Gasteiger partial charge < -0.3 is 4.90 Å². The molecule has 5 heteroatoms. The van der Waals surface area contributed by atoms with Gasteiger partial charge in [0.15, 0.2) is 0 Å². The van der Waals surface area contributed by atoms with E-state index in [2.05, 4.69) is 49.9 Å². The first-order valence-corrected chi connectivity index (χ1v) is 9.15. The Labute approximate surface area is 143 Å². The summed E-state index contributed by atoms with van der Waals surface area (Å²) in [4.78, 5) is 2.43. The average molecular weight is 409 g/mol. The molecule has 108 valence electrons. The van der Waals surface area contributed by atoms with Crippen LogP contribution in [0.1, 0.15) is 0 Å². The smallest absolute Gasteiger partial charge is 0.0858 e. The van der Waals surface area contributed by atoms with Crippen molar-refractivity contribution in [3.8, 4) is 0 Å². The molecule has 2 aromatic carbocycles. The van der Waals surface area contributed by atoms with Crippen LogP contribution in [0, 0.1) is 3.57 Å². The Hall–Kier alpha value is -1.08. The summed E-state index contributed by atoms with van der Waals surface area (Å²) in [5.74, 6) is 2.43. The van der Waals surface area contributed by atoms with Crippen LogP contribution in [-0.2, 0) is 0 Å². The summed E-state index contributed by atoms with van der Waals surface area (Å²) in [5, 5.41) is 8.56. The molecule has 1 saturated heterocycles. The number of hydrogen-bond acceptors (Lipinski definition) is 4. The van der Waals surface area contributed by atoms with Gasteiger partial charge in [-0.2, -0.15) is 22.0 Å². The molecule has 3 nitrogen and oxygen atoms in total. The molecule has 0 radical (unpaired) electrons. The molecule has 0 saturated carbocycles. The highest BCUT2D eigenvalue weighted by Crippen LogP contribution is 2.24. The van der Waals surface area contributed by atoms with Gasteiger partial charge in [-0.15, -0.1) is 0 Å². The van der Waals surface area contributed by atoms with E-state index in [-0.39, 0.29) is 0 Å². The maximum absolute atomic E-state index is 4.29. The molecular formula is C16H16IN3S. The Bertz CT molecular complexity index is 604. The lowest BCUT2D eigenvalue weighted by molar-refractivity contribution is 0.859. The monoisotopic (exact) mass is 409 g/mol. The second kappa shape index (κ2) is 7.26. The van der Waals surface area contributed by atoms with Crippen LogP contribution in [0.5, 0.6) is 0 Å². The van der Waals surface area contributed by atoms with Crippen molar-refractivity contribution in [2.45, 2.75) is 0 Å². The van der Waals surface area contributed by atoms with Crippen molar-refractivity contribution in [3.05, 3.63) is 52.1 Å². The lowest BCUT2D eigenvalue weighted by atomic mass is 10.2. The molecule has 1 fully saturated rings. The van der Waals surface area contributed by atoms with Crippen molar-refractivity contribution in [1.29, 1.82) is 0 Å². The molecule has 3 rings (SSSR count). The third-order valence-electron chi connectivity index (χ3n) is 3.33. The quantitative estimate of drug-likeness (QED) is 0.511. The SMILES string of the molecule is Ic1ccc(N=Nc2ccc(N3CCSCC3)cc2)cc1. The van der Waals surface area contributed by atoms with Crippen LogP contribution in [0.2, 0.25) is 0 Å². The molecule has 1 heterocycles. The fourth-order valence-electron chi connectivity index (χ4n) is 2.17. The summed E-state index contributed by atoms with van der Waals surface area (Å²) in [5.41, 5.74) is 3.06. The van der Waals surface area contributed by atoms with Crippen molar-refractivity contribution in [1.82, 2.24) is 0 Å². The van der Waals surface area contributed by atoms with Crippen LogP contribution in [0.4, 0.5) is 17.1 Å². The third-order valence-corrected chi connectivity index (χ3v) is 5.00. The van der Waals surface area contributed by atoms with Gasteiger partial charge in [-0.25, -0.2) is 0 Å². The minimum Gasteiger partial charge on any atom is -0.370 e. The average Bonchev–Trinajstić information content (AvgIpc) is 2.56. The second-order valence-corrected chi connectivity index (χ2v) is 7.26. The van der Waals surface area contributed by atoms with Gasteiger partial charge >= 0.3 is 0 Å². The summed E-state index contributed by atoms with van der Waals surface area (Å²) in [6, 6.07) is 16.4. The van der Waals surface area contributed by atoms with Crippen LogP contribution in [0.3, 0.4) is 0 Å². The van der Waals surface area contributed by atoms with E-state index in [4.69, 9.17) is 0 Å². The summed E-state index contributed by atoms with van der Waals surface area (Å²) in [6.45, 7) is 2.27. The number of azo groups is 1. The zero-order chi connectivity index (χ0) is 14.5. The third kappa shape index (κ3) is 4.20. The molecule has 0 bridgehead atoms. The molecule has 1 aliphatic rings. The minimum absolute atomic E-state index is 0.882. The molecule has 0 amide bonds. The molecule has 0 unspecified atom stereocenters. The molecule has 21 heavy (non-hydrogen) atoms. The van der Waals surface area contributed by atoms with E-state index in [1.54, 1.807) is 0 Å². The van der Waals surface area contributed by atoms with Crippen LogP contribution in [-0.4, -0.2) is 24.6 Å². The van der Waals surface area contributed by atoms with Crippen molar-refractivity contribution in [3.63, 3.8) is 0 Å². The lowest BCUT2D eigenvalue weighted by Gasteiger charge is -2.28. The maximum atomic E-state index is 4.29. The molecule has 0 aliphatic carbocycles. The molecule has 1 aliphatic heterocycles. The number of halogens is 1. The van der Waals surface area contributed by atoms with Gasteiger partial charge in [0.1, 0.15) is 0 Å². The predicted octanol–water partition coefficient (Wildman–Crippen LogP) is 5.26. The van der Waals surface area contributed by atoms with E-state index >= 15 is 0 Å². The molecule has 2 aromatic rings. The highest BCUT2D eigenvalue weighted by molar-refractivity contribution is 14.1. The Balaban J connectivity index is 1.67.